The molecule has 0 saturated heterocycles. The number of ether oxygens (including phenoxy) is 1. The number of rotatable bonds is 7. The third-order valence-corrected chi connectivity index (χ3v) is 5.12. The summed E-state index contributed by atoms with van der Waals surface area (Å²) in [5, 5.41) is 2.68. The number of anilines is 1. The molecule has 140 valence electrons. The van der Waals surface area contributed by atoms with Crippen molar-refractivity contribution in [3.05, 3.63) is 53.6 Å². The molecule has 7 heteroatoms. The van der Waals surface area contributed by atoms with Crippen LogP contribution in [0, 0.1) is 13.8 Å². The summed E-state index contributed by atoms with van der Waals surface area (Å²) in [6.45, 7) is 6.93. The standard InChI is InChI=1S/C19H24N2O4S/c1-13(2)25-17-8-6-5-7-16(17)21-19(22)12-20-26(23,24)18-11-14(3)9-10-15(18)4/h5-11,13,20H,12H2,1-4H3,(H,21,22). The van der Waals surface area contributed by atoms with Crippen LogP contribution in [0.2, 0.25) is 0 Å². The SMILES string of the molecule is Cc1ccc(C)c(S(=O)(=O)NCC(=O)Nc2ccccc2OC(C)C)c1. The molecule has 2 N–H and O–H groups in total. The van der Waals surface area contributed by atoms with E-state index in [4.69, 9.17) is 4.74 Å². The van der Waals surface area contributed by atoms with E-state index in [9.17, 15) is 13.2 Å². The molecule has 2 aromatic carbocycles. The third kappa shape index (κ3) is 5.31. The number of sulfonamides is 1. The molecule has 0 atom stereocenters. The molecule has 0 heterocycles. The van der Waals surface area contributed by atoms with Crippen LogP contribution >= 0.6 is 0 Å². The monoisotopic (exact) mass is 376 g/mol. The molecule has 1 amide bonds. The van der Waals surface area contributed by atoms with Crippen LogP contribution in [0.5, 0.6) is 5.75 Å². The van der Waals surface area contributed by atoms with Gasteiger partial charge in [0.1, 0.15) is 5.75 Å². The molecule has 0 aliphatic rings. The highest BCUT2D eigenvalue weighted by molar-refractivity contribution is 7.89. The fourth-order valence-electron chi connectivity index (χ4n) is 2.36. The molecular weight excluding hydrogens is 352 g/mol. The van der Waals surface area contributed by atoms with Gasteiger partial charge in [-0.3, -0.25) is 4.79 Å². The summed E-state index contributed by atoms with van der Waals surface area (Å²) in [5.41, 5.74) is 1.96. The Morgan fingerprint density at radius 1 is 1.12 bits per heavy atom. The van der Waals surface area contributed by atoms with E-state index in [1.54, 1.807) is 43.3 Å². The van der Waals surface area contributed by atoms with Gasteiger partial charge in [-0.15, -0.1) is 0 Å². The van der Waals surface area contributed by atoms with Crippen molar-refractivity contribution in [3.63, 3.8) is 0 Å². The number of benzene rings is 2. The maximum Gasteiger partial charge on any atom is 0.241 e. The number of hydrogen-bond acceptors (Lipinski definition) is 4. The number of carbonyl (C=O) groups excluding carboxylic acids is 1. The zero-order valence-corrected chi connectivity index (χ0v) is 16.2. The molecule has 0 unspecified atom stereocenters. The van der Waals surface area contributed by atoms with Gasteiger partial charge in [-0.2, -0.15) is 0 Å². The van der Waals surface area contributed by atoms with E-state index in [0.717, 1.165) is 5.56 Å². The summed E-state index contributed by atoms with van der Waals surface area (Å²) in [7, 11) is -3.77. The highest BCUT2D eigenvalue weighted by Gasteiger charge is 2.18. The second kappa shape index (κ2) is 8.33. The summed E-state index contributed by atoms with van der Waals surface area (Å²) in [4.78, 5) is 12.4. The van der Waals surface area contributed by atoms with Crippen LogP contribution in [0.1, 0.15) is 25.0 Å². The van der Waals surface area contributed by atoms with Gasteiger partial charge in [0.25, 0.3) is 0 Å². The molecule has 0 aliphatic heterocycles. The van der Waals surface area contributed by atoms with Gasteiger partial charge in [0, 0.05) is 0 Å². The second-order valence-electron chi connectivity index (χ2n) is 6.30. The maximum absolute atomic E-state index is 12.5. The molecule has 0 spiro atoms. The number of amides is 1. The average Bonchev–Trinajstić information content (AvgIpc) is 2.56. The number of para-hydroxylation sites is 2. The van der Waals surface area contributed by atoms with E-state index in [0.29, 0.717) is 17.0 Å². The zero-order valence-electron chi connectivity index (χ0n) is 15.4. The molecule has 0 saturated carbocycles. The first-order chi connectivity index (χ1) is 12.2. The van der Waals surface area contributed by atoms with Crippen LogP contribution in [0.25, 0.3) is 0 Å². The second-order valence-corrected chi connectivity index (χ2v) is 8.04. The Morgan fingerprint density at radius 2 is 1.81 bits per heavy atom. The summed E-state index contributed by atoms with van der Waals surface area (Å²) in [6, 6.07) is 12.2. The van der Waals surface area contributed by atoms with Crippen molar-refractivity contribution in [1.82, 2.24) is 4.72 Å². The van der Waals surface area contributed by atoms with Crippen molar-refractivity contribution in [2.45, 2.75) is 38.7 Å². The van der Waals surface area contributed by atoms with Crippen LogP contribution in [-0.2, 0) is 14.8 Å². The first kappa shape index (κ1) is 19.9. The maximum atomic E-state index is 12.5. The van der Waals surface area contributed by atoms with Gasteiger partial charge in [0.15, 0.2) is 0 Å². The molecule has 26 heavy (non-hydrogen) atoms. The first-order valence-electron chi connectivity index (χ1n) is 8.31. The van der Waals surface area contributed by atoms with Crippen molar-refractivity contribution in [2.24, 2.45) is 0 Å². The summed E-state index contributed by atoms with van der Waals surface area (Å²) < 4.78 is 32.9. The van der Waals surface area contributed by atoms with E-state index >= 15 is 0 Å². The van der Waals surface area contributed by atoms with Gasteiger partial charge in [-0.25, -0.2) is 13.1 Å². The molecule has 2 aromatic rings. The van der Waals surface area contributed by atoms with E-state index in [2.05, 4.69) is 10.0 Å². The van der Waals surface area contributed by atoms with E-state index < -0.39 is 15.9 Å². The van der Waals surface area contributed by atoms with Crippen LogP contribution in [-0.4, -0.2) is 27.0 Å². The van der Waals surface area contributed by atoms with Gasteiger partial charge < -0.3 is 10.1 Å². The Hall–Kier alpha value is -2.38. The van der Waals surface area contributed by atoms with E-state index in [1.165, 1.54) is 0 Å². The highest BCUT2D eigenvalue weighted by atomic mass is 32.2. The fourth-order valence-corrected chi connectivity index (χ4v) is 3.67. The molecule has 0 aliphatic carbocycles. The van der Waals surface area contributed by atoms with Crippen molar-refractivity contribution in [2.75, 3.05) is 11.9 Å². The molecule has 0 radical (unpaired) electrons. The third-order valence-electron chi connectivity index (χ3n) is 3.58. The lowest BCUT2D eigenvalue weighted by molar-refractivity contribution is -0.115. The summed E-state index contributed by atoms with van der Waals surface area (Å²) >= 11 is 0. The van der Waals surface area contributed by atoms with Gasteiger partial charge in [-0.1, -0.05) is 24.3 Å². The normalized spacial score (nSPS) is 11.4. The molecule has 2 rings (SSSR count). The van der Waals surface area contributed by atoms with Gasteiger partial charge in [-0.05, 0) is 57.0 Å². The molecule has 6 nitrogen and oxygen atoms in total. The average molecular weight is 376 g/mol. The first-order valence-corrected chi connectivity index (χ1v) is 9.80. The highest BCUT2D eigenvalue weighted by Crippen LogP contribution is 2.24. The predicted octanol–water partition coefficient (Wildman–Crippen LogP) is 3.01. The molecule has 0 bridgehead atoms. The minimum absolute atomic E-state index is 0.0455. The Labute approximate surface area is 154 Å². The van der Waals surface area contributed by atoms with Crippen molar-refractivity contribution < 1.29 is 17.9 Å². The Morgan fingerprint density at radius 3 is 2.50 bits per heavy atom. The molecule has 0 aromatic heterocycles. The Balaban J connectivity index is 2.06. The van der Waals surface area contributed by atoms with Gasteiger partial charge in [0.05, 0.1) is 23.2 Å². The van der Waals surface area contributed by atoms with Crippen LogP contribution in [0.3, 0.4) is 0 Å². The molecule has 0 fully saturated rings. The smallest absolute Gasteiger partial charge is 0.241 e. The van der Waals surface area contributed by atoms with Crippen LogP contribution < -0.4 is 14.8 Å². The lowest BCUT2D eigenvalue weighted by Gasteiger charge is -2.15. The largest absolute Gasteiger partial charge is 0.489 e. The Kier molecular flexibility index (Phi) is 6.39. The van der Waals surface area contributed by atoms with Crippen LogP contribution in [0.15, 0.2) is 47.4 Å². The summed E-state index contributed by atoms with van der Waals surface area (Å²) in [5.74, 6) is 0.0620. The van der Waals surface area contributed by atoms with Gasteiger partial charge in [0.2, 0.25) is 15.9 Å². The van der Waals surface area contributed by atoms with Gasteiger partial charge >= 0.3 is 0 Å². The zero-order chi connectivity index (χ0) is 19.3. The fraction of sp³-hybridized carbons (Fsp3) is 0.316. The molecular formula is C19H24N2O4S. The minimum Gasteiger partial charge on any atom is -0.489 e. The van der Waals surface area contributed by atoms with E-state index in [1.807, 2.05) is 26.8 Å². The Bertz CT molecular complexity index is 892. The lowest BCUT2D eigenvalue weighted by Crippen LogP contribution is -2.33. The number of nitrogens with one attached hydrogen (secondary N) is 2. The number of carbonyl (C=O) groups is 1. The summed E-state index contributed by atoms with van der Waals surface area (Å²) in [6.07, 6.45) is -0.0455. The van der Waals surface area contributed by atoms with Crippen molar-refractivity contribution >= 4 is 21.6 Å². The van der Waals surface area contributed by atoms with Crippen LogP contribution in [0.4, 0.5) is 5.69 Å². The van der Waals surface area contributed by atoms with Crippen molar-refractivity contribution in [1.29, 1.82) is 0 Å². The quantitative estimate of drug-likeness (QED) is 0.778. The number of hydrogen-bond donors (Lipinski definition) is 2. The minimum atomic E-state index is -3.77. The topological polar surface area (TPSA) is 84.5 Å². The lowest BCUT2D eigenvalue weighted by atomic mass is 10.2. The number of aryl methyl sites for hydroxylation is 2. The van der Waals surface area contributed by atoms with E-state index in [-0.39, 0.29) is 17.5 Å². The predicted molar refractivity (Wildman–Crippen MR) is 102 cm³/mol. The van der Waals surface area contributed by atoms with Crippen molar-refractivity contribution in [3.8, 4) is 5.75 Å².